The zero-order valence-electron chi connectivity index (χ0n) is 33.7. The molecule has 56 heavy (non-hydrogen) atoms. The van der Waals surface area contributed by atoms with Crippen molar-refractivity contribution >= 4 is 56.8 Å². The molecule has 0 aromatic heterocycles. The summed E-state index contributed by atoms with van der Waals surface area (Å²) in [4.78, 5) is 0. The van der Waals surface area contributed by atoms with E-state index in [0.717, 1.165) is 0 Å². The molecule has 274 valence electrons. The van der Waals surface area contributed by atoms with E-state index in [9.17, 15) is 0 Å². The van der Waals surface area contributed by atoms with Gasteiger partial charge in [0.1, 0.15) is 0 Å². The van der Waals surface area contributed by atoms with Gasteiger partial charge in [-0.2, -0.15) is 0 Å². The summed E-state index contributed by atoms with van der Waals surface area (Å²) < 4.78 is 0. The first-order chi connectivity index (χ1) is 27.3. The summed E-state index contributed by atoms with van der Waals surface area (Å²) in [6, 6.07) is 56.7. The zero-order chi connectivity index (χ0) is 37.9. The maximum Gasteiger partial charge on any atom is 0.216 e. The Balaban J connectivity index is 1.12. The second-order valence-corrected chi connectivity index (χ2v) is 19.0. The topological polar surface area (TPSA) is 0 Å². The SMILES string of the molecule is CC12CCCCC1(C)c1cc(-c3c4ccccc4c(-c4ccc5c(c4)C4(C)CCCCC4(C)B5c4ccccc4)c4ccccc34)ccc1B2c1ccccc1. The van der Waals surface area contributed by atoms with Crippen LogP contribution in [0.3, 0.4) is 0 Å². The Labute approximate surface area is 334 Å². The standard InChI is InChI=1S/C54H52B2/c1-51-31-15-17-33-53(51,3)55(39-19-7-5-8-20-39)47-29-27-37(35-45(47)51)49-41-23-11-13-25-43(41)50(44-26-14-12-24-42(44)49)38-28-30-48-46(36-38)52(2)32-16-18-34-54(52,4)56(48)40-21-9-6-10-22-40/h5-14,19-30,35-36H,15-18,31-34H2,1-4H3. The van der Waals surface area contributed by atoms with Gasteiger partial charge in [-0.25, -0.2) is 0 Å². The molecule has 0 radical (unpaired) electrons. The van der Waals surface area contributed by atoms with Gasteiger partial charge in [0.25, 0.3) is 0 Å². The van der Waals surface area contributed by atoms with Gasteiger partial charge in [-0.15, -0.1) is 0 Å². The molecular weight excluding hydrogens is 670 g/mol. The number of rotatable bonds is 4. The third-order valence-corrected chi connectivity index (χ3v) is 16.7. The van der Waals surface area contributed by atoms with Crippen LogP contribution in [0.15, 0.2) is 146 Å². The van der Waals surface area contributed by atoms with Crippen LogP contribution >= 0.6 is 0 Å². The lowest BCUT2D eigenvalue weighted by atomic mass is 9.26. The minimum absolute atomic E-state index is 0.133. The molecule has 0 bridgehead atoms. The minimum atomic E-state index is 0.133. The fourth-order valence-corrected chi connectivity index (χ4v) is 13.6. The van der Waals surface area contributed by atoms with Gasteiger partial charge in [-0.05, 0) is 89.2 Å². The Hall–Kier alpha value is -4.81. The highest BCUT2D eigenvalue weighted by molar-refractivity contribution is 6.90. The molecule has 4 atom stereocenters. The fourth-order valence-electron chi connectivity index (χ4n) is 13.6. The van der Waals surface area contributed by atoms with E-state index >= 15 is 0 Å². The molecule has 2 aliphatic heterocycles. The van der Waals surface area contributed by atoms with Crippen molar-refractivity contribution in [2.75, 3.05) is 0 Å². The Morgan fingerprint density at radius 3 is 1.09 bits per heavy atom. The van der Waals surface area contributed by atoms with Crippen molar-refractivity contribution in [1.29, 1.82) is 0 Å². The van der Waals surface area contributed by atoms with E-state index < -0.39 is 0 Å². The number of fused-ring (bicyclic) bond motifs is 8. The van der Waals surface area contributed by atoms with Crippen LogP contribution in [0, 0.1) is 0 Å². The second kappa shape index (κ2) is 12.3. The zero-order valence-corrected chi connectivity index (χ0v) is 33.7. The maximum absolute atomic E-state index is 2.64. The van der Waals surface area contributed by atoms with Crippen LogP contribution < -0.4 is 21.9 Å². The monoisotopic (exact) mass is 722 g/mol. The van der Waals surface area contributed by atoms with Crippen LogP contribution in [0.25, 0.3) is 43.8 Å². The van der Waals surface area contributed by atoms with Crippen molar-refractivity contribution in [2.24, 2.45) is 0 Å². The second-order valence-electron chi connectivity index (χ2n) is 19.0. The van der Waals surface area contributed by atoms with E-state index in [1.54, 1.807) is 22.1 Å². The fraction of sp³-hybridized carbons (Fsp3) is 0.296. The molecule has 11 rings (SSSR count). The predicted molar refractivity (Wildman–Crippen MR) is 244 cm³/mol. The van der Waals surface area contributed by atoms with Crippen molar-refractivity contribution in [3.8, 4) is 22.3 Å². The summed E-state index contributed by atoms with van der Waals surface area (Å²) in [6.07, 6.45) is 10.3. The molecule has 4 aliphatic rings. The number of hydrogen-bond acceptors (Lipinski definition) is 0. The molecule has 0 N–H and O–H groups in total. The summed E-state index contributed by atoms with van der Waals surface area (Å²) in [5.41, 5.74) is 14.9. The lowest BCUT2D eigenvalue weighted by molar-refractivity contribution is 0.243. The van der Waals surface area contributed by atoms with E-state index in [-0.39, 0.29) is 21.5 Å². The van der Waals surface area contributed by atoms with Gasteiger partial charge in [0.15, 0.2) is 0 Å². The highest BCUT2D eigenvalue weighted by Gasteiger charge is 2.61. The van der Waals surface area contributed by atoms with Gasteiger partial charge < -0.3 is 0 Å². The molecule has 2 saturated carbocycles. The lowest BCUT2D eigenvalue weighted by Crippen LogP contribution is -2.51. The molecule has 0 spiro atoms. The first kappa shape index (κ1) is 34.4. The molecule has 2 fully saturated rings. The third-order valence-electron chi connectivity index (χ3n) is 16.7. The summed E-state index contributed by atoms with van der Waals surface area (Å²) in [7, 11) is 0. The van der Waals surface area contributed by atoms with E-state index in [4.69, 9.17) is 0 Å². The third kappa shape index (κ3) is 4.51. The van der Waals surface area contributed by atoms with Crippen molar-refractivity contribution in [1.82, 2.24) is 0 Å². The van der Waals surface area contributed by atoms with Crippen molar-refractivity contribution in [3.63, 3.8) is 0 Å². The summed E-state index contributed by atoms with van der Waals surface area (Å²) in [5.74, 6) is 0. The molecule has 2 heteroatoms. The molecule has 7 aromatic rings. The molecule has 2 aliphatic carbocycles. The van der Waals surface area contributed by atoms with Crippen LogP contribution in [0.1, 0.15) is 90.2 Å². The molecular formula is C54H52B2. The summed E-state index contributed by atoms with van der Waals surface area (Å²) in [6.45, 7) is 11.3. The Morgan fingerprint density at radius 2 is 0.714 bits per heavy atom. The van der Waals surface area contributed by atoms with Gasteiger partial charge in [0.2, 0.25) is 13.4 Å². The first-order valence-electron chi connectivity index (χ1n) is 21.6. The average molecular weight is 723 g/mol. The smallest absolute Gasteiger partial charge is 0.0735 e. The van der Waals surface area contributed by atoms with Crippen LogP contribution in [0.2, 0.25) is 10.6 Å². The summed E-state index contributed by atoms with van der Waals surface area (Å²) >= 11 is 0. The van der Waals surface area contributed by atoms with Gasteiger partial charge >= 0.3 is 0 Å². The largest absolute Gasteiger partial charge is 0.216 e. The molecule has 7 aromatic carbocycles. The molecule has 0 saturated heterocycles. The normalized spacial score (nSPS) is 26.6. The van der Waals surface area contributed by atoms with Crippen LogP contribution in [0.5, 0.6) is 0 Å². The molecule has 0 amide bonds. The first-order valence-corrected chi connectivity index (χ1v) is 21.6. The minimum Gasteiger partial charge on any atom is -0.0735 e. The Morgan fingerprint density at radius 1 is 0.375 bits per heavy atom. The Bertz CT molecular complexity index is 2440. The molecule has 2 heterocycles. The van der Waals surface area contributed by atoms with Crippen LogP contribution in [-0.4, -0.2) is 13.4 Å². The quantitative estimate of drug-likeness (QED) is 0.125. The average Bonchev–Trinajstić information content (AvgIpc) is 3.57. The Kier molecular flexibility index (Phi) is 7.59. The molecule has 0 nitrogen and oxygen atoms in total. The van der Waals surface area contributed by atoms with Crippen molar-refractivity contribution < 1.29 is 0 Å². The van der Waals surface area contributed by atoms with Gasteiger partial charge in [0.05, 0.1) is 0 Å². The number of benzene rings is 7. The van der Waals surface area contributed by atoms with Gasteiger partial charge in [0, 0.05) is 0 Å². The van der Waals surface area contributed by atoms with Gasteiger partial charge in [-0.1, -0.05) is 234 Å². The van der Waals surface area contributed by atoms with Crippen molar-refractivity contribution in [3.05, 3.63) is 157 Å². The highest BCUT2D eigenvalue weighted by Crippen LogP contribution is 2.64. The van der Waals surface area contributed by atoms with E-state index in [0.29, 0.717) is 13.4 Å². The molecule has 4 unspecified atom stereocenters. The van der Waals surface area contributed by atoms with E-state index in [1.165, 1.54) is 106 Å². The maximum atomic E-state index is 2.64. The van der Waals surface area contributed by atoms with E-state index in [1.807, 2.05) is 0 Å². The summed E-state index contributed by atoms with van der Waals surface area (Å²) in [5, 5.41) is 5.80. The predicted octanol–water partition coefficient (Wildman–Crippen LogP) is 11.8. The van der Waals surface area contributed by atoms with Crippen molar-refractivity contribution in [2.45, 2.75) is 101 Å². The van der Waals surface area contributed by atoms with E-state index in [2.05, 4.69) is 173 Å². The highest BCUT2D eigenvalue weighted by atomic mass is 14.5. The van der Waals surface area contributed by atoms with Crippen LogP contribution in [-0.2, 0) is 10.8 Å². The lowest BCUT2D eigenvalue weighted by Gasteiger charge is -2.48. The number of hydrogen-bond donors (Lipinski definition) is 0. The van der Waals surface area contributed by atoms with Gasteiger partial charge in [-0.3, -0.25) is 0 Å². The van der Waals surface area contributed by atoms with Crippen LogP contribution in [0.4, 0.5) is 0 Å².